The van der Waals surface area contributed by atoms with E-state index in [4.69, 9.17) is 11.6 Å². The maximum atomic E-state index is 6.37. The number of hydrogen-bond donors (Lipinski definition) is 0. The van der Waals surface area contributed by atoms with Crippen molar-refractivity contribution in [3.63, 3.8) is 0 Å². The Balaban J connectivity index is 1.47. The summed E-state index contributed by atoms with van der Waals surface area (Å²) in [6, 6.07) is 13.5. The lowest BCUT2D eigenvalue weighted by Gasteiger charge is -2.26. The minimum Gasteiger partial charge on any atom is -0.117 e. The van der Waals surface area contributed by atoms with Crippen LogP contribution in [0.2, 0.25) is 5.02 Å². The molecular formula is C30H25ClS. The van der Waals surface area contributed by atoms with Gasteiger partial charge in [-0.3, -0.25) is 0 Å². The molecule has 2 heteroatoms. The van der Waals surface area contributed by atoms with Crippen LogP contribution in [-0.4, -0.2) is 5.25 Å². The van der Waals surface area contributed by atoms with Crippen molar-refractivity contribution in [1.82, 2.24) is 0 Å². The van der Waals surface area contributed by atoms with E-state index in [2.05, 4.69) is 85.0 Å². The molecule has 6 rings (SSSR count). The first-order valence-corrected chi connectivity index (χ1v) is 12.8. The van der Waals surface area contributed by atoms with Gasteiger partial charge in [0.05, 0.1) is 0 Å². The van der Waals surface area contributed by atoms with Crippen LogP contribution in [0.3, 0.4) is 0 Å². The largest absolute Gasteiger partial charge is 0.117 e. The third kappa shape index (κ3) is 3.58. The first-order valence-electron chi connectivity index (χ1n) is 11.5. The zero-order chi connectivity index (χ0) is 21.5. The Kier molecular flexibility index (Phi) is 5.33. The lowest BCUT2D eigenvalue weighted by molar-refractivity contribution is 0.892. The Morgan fingerprint density at radius 1 is 0.875 bits per heavy atom. The van der Waals surface area contributed by atoms with E-state index in [1.807, 2.05) is 17.8 Å². The molecular weight excluding hydrogens is 428 g/mol. The predicted molar refractivity (Wildman–Crippen MR) is 140 cm³/mol. The normalized spacial score (nSPS) is 23.3. The Bertz CT molecular complexity index is 1270. The highest BCUT2D eigenvalue weighted by Gasteiger charge is 2.36. The van der Waals surface area contributed by atoms with Crippen LogP contribution in [0.5, 0.6) is 0 Å². The van der Waals surface area contributed by atoms with Gasteiger partial charge in [0.15, 0.2) is 0 Å². The van der Waals surface area contributed by atoms with Gasteiger partial charge < -0.3 is 0 Å². The van der Waals surface area contributed by atoms with E-state index in [1.165, 1.54) is 43.9 Å². The van der Waals surface area contributed by atoms with Crippen molar-refractivity contribution in [2.24, 2.45) is 0 Å². The maximum absolute atomic E-state index is 6.37. The number of allylic oxidation sites excluding steroid dienone is 11. The van der Waals surface area contributed by atoms with Crippen LogP contribution >= 0.6 is 23.4 Å². The summed E-state index contributed by atoms with van der Waals surface area (Å²) in [4.78, 5) is 1.36. The Labute approximate surface area is 199 Å². The quantitative estimate of drug-likeness (QED) is 0.447. The highest BCUT2D eigenvalue weighted by atomic mass is 35.5. The average Bonchev–Trinajstić information content (AvgIpc) is 3.23. The molecule has 1 aliphatic heterocycles. The van der Waals surface area contributed by atoms with Crippen LogP contribution in [0.25, 0.3) is 16.7 Å². The third-order valence-electron chi connectivity index (χ3n) is 6.83. The highest BCUT2D eigenvalue weighted by molar-refractivity contribution is 8.00. The Morgan fingerprint density at radius 2 is 1.84 bits per heavy atom. The molecule has 32 heavy (non-hydrogen) atoms. The first-order chi connectivity index (χ1) is 15.8. The molecule has 4 aliphatic rings. The number of thioether (sulfide) groups is 1. The van der Waals surface area contributed by atoms with E-state index in [-0.39, 0.29) is 0 Å². The molecule has 0 fully saturated rings. The molecule has 0 aromatic heterocycles. The molecule has 0 spiro atoms. The molecule has 1 heterocycles. The number of fused-ring (bicyclic) bond motifs is 3. The van der Waals surface area contributed by atoms with E-state index < -0.39 is 0 Å². The van der Waals surface area contributed by atoms with E-state index in [9.17, 15) is 0 Å². The molecule has 0 nitrogen and oxygen atoms in total. The van der Waals surface area contributed by atoms with Gasteiger partial charge in [0.2, 0.25) is 0 Å². The molecule has 2 unspecified atom stereocenters. The van der Waals surface area contributed by atoms with Crippen molar-refractivity contribution in [2.75, 3.05) is 0 Å². The van der Waals surface area contributed by atoms with Crippen LogP contribution in [0.1, 0.15) is 53.9 Å². The van der Waals surface area contributed by atoms with Crippen LogP contribution in [0.4, 0.5) is 0 Å². The van der Waals surface area contributed by atoms with E-state index in [0.29, 0.717) is 11.2 Å². The van der Waals surface area contributed by atoms with Crippen molar-refractivity contribution in [3.8, 4) is 0 Å². The lowest BCUT2D eigenvalue weighted by Crippen LogP contribution is -2.14. The maximum Gasteiger partial charge on any atom is 0.0454 e. The molecule has 2 aromatic rings. The molecule has 0 saturated carbocycles. The Hall–Kier alpha value is -2.48. The average molecular weight is 453 g/mol. The molecule has 3 aliphatic carbocycles. The minimum atomic E-state index is 0.373. The topological polar surface area (TPSA) is 0 Å². The smallest absolute Gasteiger partial charge is 0.0454 e. The second-order valence-electron chi connectivity index (χ2n) is 8.81. The standard InChI is InChI=1S/C30H25ClS/c31-23-15-17-29-28(19-23)26-13-7-12-25(30(26)32-29)27-18-22(20-8-3-1-4-9-20)14-16-24(27)21-10-5-2-6-11-21/h1,3,5,7-8,10-19,26,30H,2,4,6,9H2. The predicted octanol–water partition coefficient (Wildman–Crippen LogP) is 9.02. The number of hydrogen-bond acceptors (Lipinski definition) is 1. The van der Waals surface area contributed by atoms with Crippen molar-refractivity contribution < 1.29 is 0 Å². The third-order valence-corrected chi connectivity index (χ3v) is 8.49. The van der Waals surface area contributed by atoms with Crippen LogP contribution in [0, 0.1) is 0 Å². The Morgan fingerprint density at radius 3 is 2.69 bits per heavy atom. The molecule has 158 valence electrons. The van der Waals surface area contributed by atoms with Crippen molar-refractivity contribution >= 4 is 40.1 Å². The number of rotatable bonds is 3. The van der Waals surface area contributed by atoms with Gasteiger partial charge in [0, 0.05) is 21.1 Å². The number of halogens is 1. The van der Waals surface area contributed by atoms with E-state index >= 15 is 0 Å². The van der Waals surface area contributed by atoms with Crippen LogP contribution in [0.15, 0.2) is 96.0 Å². The lowest BCUT2D eigenvalue weighted by atomic mass is 9.81. The summed E-state index contributed by atoms with van der Waals surface area (Å²) in [6.07, 6.45) is 25.2. The number of benzene rings is 2. The fraction of sp³-hybridized carbons (Fsp3) is 0.200. The SMILES string of the molecule is Clc1ccc2c(c1)C1C=CC=C(c3cc(C4=CC=CCC4)ccc3C3=CCCC=C3)C1S2. The van der Waals surface area contributed by atoms with Crippen molar-refractivity contribution in [1.29, 1.82) is 0 Å². The summed E-state index contributed by atoms with van der Waals surface area (Å²) in [5.74, 6) is 0.373. The molecule has 2 atom stereocenters. The van der Waals surface area contributed by atoms with Gasteiger partial charge in [0.1, 0.15) is 0 Å². The summed E-state index contributed by atoms with van der Waals surface area (Å²) in [7, 11) is 0. The second-order valence-corrected chi connectivity index (χ2v) is 10.4. The van der Waals surface area contributed by atoms with Gasteiger partial charge in [0.25, 0.3) is 0 Å². The highest BCUT2D eigenvalue weighted by Crippen LogP contribution is 2.54. The van der Waals surface area contributed by atoms with E-state index in [1.54, 1.807) is 0 Å². The van der Waals surface area contributed by atoms with Gasteiger partial charge >= 0.3 is 0 Å². The summed E-state index contributed by atoms with van der Waals surface area (Å²) >= 11 is 8.35. The van der Waals surface area contributed by atoms with Gasteiger partial charge in [-0.1, -0.05) is 78.4 Å². The van der Waals surface area contributed by atoms with Crippen LogP contribution < -0.4 is 0 Å². The van der Waals surface area contributed by atoms with Gasteiger partial charge in [-0.25, -0.2) is 0 Å². The summed E-state index contributed by atoms with van der Waals surface area (Å²) in [5, 5.41) is 1.21. The fourth-order valence-corrected chi connectivity index (χ4v) is 6.88. The second kappa shape index (κ2) is 8.46. The van der Waals surface area contributed by atoms with Crippen molar-refractivity contribution in [3.05, 3.63) is 118 Å². The fourth-order valence-electron chi connectivity index (χ4n) is 5.23. The molecule has 0 bridgehead atoms. The molecule has 0 amide bonds. The zero-order valence-electron chi connectivity index (χ0n) is 17.9. The first kappa shape index (κ1) is 20.1. The van der Waals surface area contributed by atoms with Crippen molar-refractivity contribution in [2.45, 2.75) is 41.7 Å². The van der Waals surface area contributed by atoms with Gasteiger partial charge in [-0.15, -0.1) is 11.8 Å². The molecule has 0 radical (unpaired) electrons. The van der Waals surface area contributed by atoms with Gasteiger partial charge in [-0.05, 0) is 88.9 Å². The van der Waals surface area contributed by atoms with Gasteiger partial charge in [-0.2, -0.15) is 0 Å². The molecule has 2 aromatic carbocycles. The molecule has 0 saturated heterocycles. The molecule has 0 N–H and O–H groups in total. The monoisotopic (exact) mass is 452 g/mol. The summed E-state index contributed by atoms with van der Waals surface area (Å²) in [6.45, 7) is 0. The van der Waals surface area contributed by atoms with E-state index in [0.717, 1.165) is 30.7 Å². The summed E-state index contributed by atoms with van der Waals surface area (Å²) < 4.78 is 0. The minimum absolute atomic E-state index is 0.373. The van der Waals surface area contributed by atoms with Crippen LogP contribution in [-0.2, 0) is 0 Å². The summed E-state index contributed by atoms with van der Waals surface area (Å²) in [5.41, 5.74) is 9.66. The zero-order valence-corrected chi connectivity index (χ0v) is 19.5.